The van der Waals surface area contributed by atoms with E-state index in [1.807, 2.05) is 30.3 Å². The molecular weight excluding hydrogens is 280 g/mol. The predicted octanol–water partition coefficient (Wildman–Crippen LogP) is 3.36. The molecule has 0 bridgehead atoms. The number of hydrogen-bond donors (Lipinski definition) is 2. The Balaban J connectivity index is 1.84. The Morgan fingerprint density at radius 3 is 2.95 bits per heavy atom. The maximum Gasteiger partial charge on any atom is 0.411 e. The highest BCUT2D eigenvalue weighted by molar-refractivity contribution is 5.87. The van der Waals surface area contributed by atoms with E-state index in [0.717, 1.165) is 16.9 Å². The summed E-state index contributed by atoms with van der Waals surface area (Å²) in [7, 11) is 0. The van der Waals surface area contributed by atoms with Crippen molar-refractivity contribution in [3.63, 3.8) is 0 Å². The molecule has 2 heterocycles. The van der Waals surface area contributed by atoms with E-state index >= 15 is 0 Å². The van der Waals surface area contributed by atoms with Gasteiger partial charge in [0.1, 0.15) is 12.4 Å². The number of carbonyl (C=O) groups excluding carboxylic acids is 1. The summed E-state index contributed by atoms with van der Waals surface area (Å²) in [6, 6.07) is 11.5. The second-order valence-corrected chi connectivity index (χ2v) is 4.56. The van der Waals surface area contributed by atoms with Crippen LogP contribution in [0.3, 0.4) is 0 Å². The molecule has 0 fully saturated rings. The zero-order chi connectivity index (χ0) is 15.4. The van der Waals surface area contributed by atoms with Gasteiger partial charge in [-0.2, -0.15) is 0 Å². The fourth-order valence-corrected chi connectivity index (χ4v) is 1.99. The molecule has 6 nitrogen and oxygen atoms in total. The third-order valence-corrected chi connectivity index (χ3v) is 2.96. The van der Waals surface area contributed by atoms with Gasteiger partial charge < -0.3 is 9.72 Å². The molecule has 0 atom stereocenters. The number of carbonyl (C=O) groups is 1. The van der Waals surface area contributed by atoms with Gasteiger partial charge in [0.15, 0.2) is 5.65 Å². The second kappa shape index (κ2) is 6.09. The van der Waals surface area contributed by atoms with Crippen LogP contribution in [0, 0.1) is 0 Å². The highest BCUT2D eigenvalue weighted by Gasteiger charge is 2.08. The molecule has 22 heavy (non-hydrogen) atoms. The van der Waals surface area contributed by atoms with Crippen LogP contribution in [0.1, 0.15) is 0 Å². The van der Waals surface area contributed by atoms with Gasteiger partial charge in [0.25, 0.3) is 0 Å². The number of fused-ring (bicyclic) bond motifs is 1. The number of hydrogen-bond acceptors (Lipinski definition) is 4. The van der Waals surface area contributed by atoms with Gasteiger partial charge in [0.2, 0.25) is 0 Å². The van der Waals surface area contributed by atoms with E-state index in [2.05, 4.69) is 26.8 Å². The van der Waals surface area contributed by atoms with Gasteiger partial charge in [-0.1, -0.05) is 43.0 Å². The number of aromatic nitrogens is 3. The molecular formula is C16H14N4O2. The number of nitrogens with one attached hydrogen (secondary N) is 2. The minimum Gasteiger partial charge on any atom is -0.445 e. The van der Waals surface area contributed by atoms with Crippen LogP contribution in [0.5, 0.6) is 0 Å². The Morgan fingerprint density at radius 2 is 2.18 bits per heavy atom. The predicted molar refractivity (Wildman–Crippen MR) is 84.5 cm³/mol. The van der Waals surface area contributed by atoms with Crippen LogP contribution >= 0.6 is 0 Å². The molecule has 6 heteroatoms. The zero-order valence-electron chi connectivity index (χ0n) is 11.7. The molecule has 0 saturated carbocycles. The van der Waals surface area contributed by atoms with E-state index in [0.29, 0.717) is 11.3 Å². The first-order valence-corrected chi connectivity index (χ1v) is 6.72. The maximum atomic E-state index is 11.5. The summed E-state index contributed by atoms with van der Waals surface area (Å²) in [4.78, 5) is 23.3. The monoisotopic (exact) mass is 294 g/mol. The quantitative estimate of drug-likeness (QED) is 0.723. The highest BCUT2D eigenvalue weighted by atomic mass is 16.5. The number of anilines is 1. The van der Waals surface area contributed by atoms with Crippen LogP contribution in [0.2, 0.25) is 0 Å². The van der Waals surface area contributed by atoms with E-state index in [1.165, 1.54) is 12.3 Å². The number of amides is 1. The van der Waals surface area contributed by atoms with Crippen molar-refractivity contribution in [1.29, 1.82) is 0 Å². The lowest BCUT2D eigenvalue weighted by Crippen LogP contribution is -2.13. The first-order valence-electron chi connectivity index (χ1n) is 6.72. The molecule has 110 valence electrons. The van der Waals surface area contributed by atoms with E-state index in [4.69, 9.17) is 4.74 Å². The molecule has 0 unspecified atom stereocenters. The molecule has 3 rings (SSSR count). The molecule has 0 aliphatic rings. The normalized spacial score (nSPS) is 10.4. The molecule has 0 radical (unpaired) electrons. The maximum absolute atomic E-state index is 11.5. The van der Waals surface area contributed by atoms with Crippen molar-refractivity contribution in [1.82, 2.24) is 15.0 Å². The van der Waals surface area contributed by atoms with E-state index in [9.17, 15) is 4.79 Å². The molecule has 1 amide bonds. The molecule has 0 aliphatic heterocycles. The van der Waals surface area contributed by atoms with Gasteiger partial charge in [-0.25, -0.2) is 14.8 Å². The molecule has 2 aromatic heterocycles. The lowest BCUT2D eigenvalue weighted by molar-refractivity contribution is 0.174. The minimum absolute atomic E-state index is 0.156. The Kier molecular flexibility index (Phi) is 3.82. The summed E-state index contributed by atoms with van der Waals surface area (Å²) in [5.41, 5.74) is 2.83. The SMILES string of the molecule is C=CCOC(=O)Nc1cnc2nc(-c3ccccc3)[nH]c2c1. The smallest absolute Gasteiger partial charge is 0.411 e. The van der Waals surface area contributed by atoms with Gasteiger partial charge in [0, 0.05) is 5.56 Å². The topological polar surface area (TPSA) is 79.9 Å². The standard InChI is InChI=1S/C16H14N4O2/c1-2-8-22-16(21)18-12-9-13-15(17-10-12)20-14(19-13)11-6-4-3-5-7-11/h2-7,9-10H,1,8H2,(H,18,21)(H,17,19,20). The lowest BCUT2D eigenvalue weighted by atomic mass is 10.2. The zero-order valence-corrected chi connectivity index (χ0v) is 11.7. The lowest BCUT2D eigenvalue weighted by Gasteiger charge is -2.04. The van der Waals surface area contributed by atoms with Crippen LogP contribution in [-0.4, -0.2) is 27.7 Å². The van der Waals surface area contributed by atoms with E-state index in [-0.39, 0.29) is 6.61 Å². The molecule has 1 aromatic carbocycles. The number of nitrogens with zero attached hydrogens (tertiary/aromatic N) is 2. The number of pyridine rings is 1. The number of imidazole rings is 1. The highest BCUT2D eigenvalue weighted by Crippen LogP contribution is 2.21. The van der Waals surface area contributed by atoms with Crippen LogP contribution in [0.4, 0.5) is 10.5 Å². The fourth-order valence-electron chi connectivity index (χ4n) is 1.99. The number of benzene rings is 1. The van der Waals surface area contributed by atoms with Crippen molar-refractivity contribution >= 4 is 22.9 Å². The van der Waals surface area contributed by atoms with E-state index < -0.39 is 6.09 Å². The molecule has 0 saturated heterocycles. The Hall–Kier alpha value is -3.15. The van der Waals surface area contributed by atoms with Crippen molar-refractivity contribution in [3.8, 4) is 11.4 Å². The minimum atomic E-state index is -0.552. The molecule has 0 aliphatic carbocycles. The number of aromatic amines is 1. The first-order chi connectivity index (χ1) is 10.8. The Bertz CT molecular complexity index is 811. The largest absolute Gasteiger partial charge is 0.445 e. The van der Waals surface area contributed by atoms with Gasteiger partial charge in [-0.05, 0) is 6.07 Å². The average Bonchev–Trinajstić information content (AvgIpc) is 2.97. The van der Waals surface area contributed by atoms with Crippen LogP contribution in [-0.2, 0) is 4.74 Å². The third-order valence-electron chi connectivity index (χ3n) is 2.96. The van der Waals surface area contributed by atoms with Crippen molar-refractivity contribution in [2.75, 3.05) is 11.9 Å². The average molecular weight is 294 g/mol. The van der Waals surface area contributed by atoms with Crippen LogP contribution in [0.25, 0.3) is 22.6 Å². The summed E-state index contributed by atoms with van der Waals surface area (Å²) in [6.07, 6.45) is 2.48. The second-order valence-electron chi connectivity index (χ2n) is 4.56. The van der Waals surface area contributed by atoms with Gasteiger partial charge >= 0.3 is 6.09 Å². The Morgan fingerprint density at radius 1 is 1.36 bits per heavy atom. The van der Waals surface area contributed by atoms with E-state index in [1.54, 1.807) is 6.07 Å². The molecule has 2 N–H and O–H groups in total. The fraction of sp³-hybridized carbons (Fsp3) is 0.0625. The summed E-state index contributed by atoms with van der Waals surface area (Å²) >= 11 is 0. The van der Waals surface area contributed by atoms with Crippen LogP contribution in [0.15, 0.2) is 55.3 Å². The van der Waals surface area contributed by atoms with Gasteiger partial charge in [-0.15, -0.1) is 0 Å². The summed E-state index contributed by atoms with van der Waals surface area (Å²) in [5.74, 6) is 0.731. The van der Waals surface area contributed by atoms with Gasteiger partial charge in [0.05, 0.1) is 17.4 Å². The third kappa shape index (κ3) is 2.95. The molecule has 3 aromatic rings. The summed E-state index contributed by atoms with van der Waals surface area (Å²) in [5, 5.41) is 2.60. The first kappa shape index (κ1) is 13.8. The number of H-pyrrole nitrogens is 1. The van der Waals surface area contributed by atoms with Crippen molar-refractivity contribution < 1.29 is 9.53 Å². The Labute approximate surface area is 126 Å². The summed E-state index contributed by atoms with van der Waals surface area (Å²) in [6.45, 7) is 3.64. The summed E-state index contributed by atoms with van der Waals surface area (Å²) < 4.78 is 4.86. The van der Waals surface area contributed by atoms with Crippen LogP contribution < -0.4 is 5.32 Å². The van der Waals surface area contributed by atoms with Crippen molar-refractivity contribution in [2.24, 2.45) is 0 Å². The number of rotatable bonds is 4. The van der Waals surface area contributed by atoms with Crippen molar-refractivity contribution in [3.05, 3.63) is 55.3 Å². The van der Waals surface area contributed by atoms with Crippen molar-refractivity contribution in [2.45, 2.75) is 0 Å². The van der Waals surface area contributed by atoms with Gasteiger partial charge in [-0.3, -0.25) is 5.32 Å². The molecule has 0 spiro atoms. The number of ether oxygens (including phenoxy) is 1.